The second-order valence-corrected chi connectivity index (χ2v) is 6.50. The van der Waals surface area contributed by atoms with Crippen molar-refractivity contribution >= 4 is 6.03 Å². The number of amides is 2. The Hall–Kier alpha value is -1.79. The van der Waals surface area contributed by atoms with Gasteiger partial charge in [-0.1, -0.05) is 18.2 Å². The zero-order valence-corrected chi connectivity index (χ0v) is 14.0. The number of nitrogens with one attached hydrogen (secondary N) is 2. The Morgan fingerprint density at radius 1 is 1.42 bits per heavy atom. The molecule has 1 saturated heterocycles. The number of aryl methyl sites for hydroxylation is 1. The first kappa shape index (κ1) is 17.0. The van der Waals surface area contributed by atoms with Crippen LogP contribution in [0.25, 0.3) is 0 Å². The molecule has 3 rings (SSSR count). The van der Waals surface area contributed by atoms with Crippen molar-refractivity contribution in [1.82, 2.24) is 15.5 Å². The summed E-state index contributed by atoms with van der Waals surface area (Å²) in [4.78, 5) is 13.5. The molecule has 2 aliphatic rings. The van der Waals surface area contributed by atoms with E-state index in [1.54, 1.807) is 0 Å². The van der Waals surface area contributed by atoms with Gasteiger partial charge in [0.15, 0.2) is 0 Å². The lowest BCUT2D eigenvalue weighted by Crippen LogP contribution is -2.47. The molecule has 3 N–H and O–H groups in total. The Balaban J connectivity index is 1.33. The van der Waals surface area contributed by atoms with Gasteiger partial charge in [-0.05, 0) is 43.9 Å². The molecule has 24 heavy (non-hydrogen) atoms. The van der Waals surface area contributed by atoms with Crippen LogP contribution in [0.4, 0.5) is 4.79 Å². The number of urea groups is 1. The van der Waals surface area contributed by atoms with Gasteiger partial charge in [0.2, 0.25) is 0 Å². The van der Waals surface area contributed by atoms with Gasteiger partial charge in [0.1, 0.15) is 18.0 Å². The molecule has 1 fully saturated rings. The number of fused-ring (bicyclic) bond motifs is 1. The monoisotopic (exact) mass is 333 g/mol. The minimum absolute atomic E-state index is 0.0376. The summed E-state index contributed by atoms with van der Waals surface area (Å²) in [5, 5.41) is 16.5. The molecule has 0 saturated carbocycles. The Morgan fingerprint density at radius 3 is 3.17 bits per heavy atom. The molecule has 0 aromatic heterocycles. The summed E-state index contributed by atoms with van der Waals surface area (Å²) in [5.74, 6) is 0.893. The molecule has 2 aliphatic heterocycles. The van der Waals surface area contributed by atoms with E-state index in [1.165, 1.54) is 5.56 Å². The number of carbonyl (C=O) groups excluding carboxylic acids is 1. The molecular formula is C18H27N3O3. The average Bonchev–Trinajstić information content (AvgIpc) is 2.62. The van der Waals surface area contributed by atoms with Crippen LogP contribution in [0.3, 0.4) is 0 Å². The van der Waals surface area contributed by atoms with Gasteiger partial charge in [-0.3, -0.25) is 0 Å². The molecule has 0 spiro atoms. The van der Waals surface area contributed by atoms with Crippen molar-refractivity contribution in [3.8, 4) is 5.75 Å². The molecule has 0 aliphatic carbocycles. The lowest BCUT2D eigenvalue weighted by Gasteiger charge is -2.30. The summed E-state index contributed by atoms with van der Waals surface area (Å²) >= 11 is 0. The maximum atomic E-state index is 11.6. The van der Waals surface area contributed by atoms with Crippen LogP contribution in [0.2, 0.25) is 0 Å². The highest BCUT2D eigenvalue weighted by atomic mass is 16.5. The first-order valence-corrected chi connectivity index (χ1v) is 8.90. The molecule has 6 nitrogen and oxygen atoms in total. The minimum Gasteiger partial charge on any atom is -0.487 e. The number of hydrogen-bond donors (Lipinski definition) is 3. The smallest absolute Gasteiger partial charge is 0.317 e. The number of hydrogen-bond acceptors (Lipinski definition) is 4. The summed E-state index contributed by atoms with van der Waals surface area (Å²) in [5.41, 5.74) is 1.22. The largest absolute Gasteiger partial charge is 0.487 e. The van der Waals surface area contributed by atoms with E-state index >= 15 is 0 Å². The second kappa shape index (κ2) is 8.35. The van der Waals surface area contributed by atoms with Crippen molar-refractivity contribution in [2.75, 3.05) is 32.7 Å². The van der Waals surface area contributed by atoms with Crippen LogP contribution in [-0.2, 0) is 6.42 Å². The van der Waals surface area contributed by atoms with Gasteiger partial charge in [-0.25, -0.2) is 4.79 Å². The topological polar surface area (TPSA) is 73.8 Å². The highest BCUT2D eigenvalue weighted by Crippen LogP contribution is 2.28. The van der Waals surface area contributed by atoms with Crippen LogP contribution in [0.1, 0.15) is 24.8 Å². The van der Waals surface area contributed by atoms with Gasteiger partial charge in [0.25, 0.3) is 0 Å². The van der Waals surface area contributed by atoms with Crippen LogP contribution in [0.15, 0.2) is 24.3 Å². The van der Waals surface area contributed by atoms with Crippen LogP contribution < -0.4 is 15.4 Å². The van der Waals surface area contributed by atoms with E-state index in [0.29, 0.717) is 6.54 Å². The van der Waals surface area contributed by atoms with E-state index < -0.39 is 6.10 Å². The molecule has 2 atom stereocenters. The first-order chi connectivity index (χ1) is 11.7. The number of benzene rings is 1. The summed E-state index contributed by atoms with van der Waals surface area (Å²) in [6.07, 6.45) is 3.01. The number of carbonyl (C=O) groups is 1. The highest BCUT2D eigenvalue weighted by molar-refractivity contribution is 5.74. The summed E-state index contributed by atoms with van der Waals surface area (Å²) in [6, 6.07) is 8.06. The number of para-hydroxylation sites is 1. The Kier molecular flexibility index (Phi) is 5.93. The number of aliphatic hydroxyl groups is 1. The molecule has 1 unspecified atom stereocenters. The number of aliphatic hydroxyl groups excluding tert-OH is 1. The van der Waals surface area contributed by atoms with E-state index in [2.05, 4.69) is 16.7 Å². The molecule has 1 aromatic carbocycles. The zero-order valence-electron chi connectivity index (χ0n) is 14.0. The van der Waals surface area contributed by atoms with Gasteiger partial charge in [-0.2, -0.15) is 0 Å². The molecule has 0 bridgehead atoms. The maximum Gasteiger partial charge on any atom is 0.317 e. The fraction of sp³-hybridized carbons (Fsp3) is 0.611. The van der Waals surface area contributed by atoms with E-state index in [1.807, 2.05) is 23.1 Å². The molecule has 0 radical (unpaired) electrons. The van der Waals surface area contributed by atoms with Gasteiger partial charge in [0, 0.05) is 26.2 Å². The van der Waals surface area contributed by atoms with Crippen molar-refractivity contribution < 1.29 is 14.6 Å². The van der Waals surface area contributed by atoms with Crippen molar-refractivity contribution in [3.05, 3.63) is 29.8 Å². The molecule has 2 heterocycles. The first-order valence-electron chi connectivity index (χ1n) is 8.90. The van der Waals surface area contributed by atoms with Gasteiger partial charge < -0.3 is 25.4 Å². The summed E-state index contributed by atoms with van der Waals surface area (Å²) < 4.78 is 5.91. The predicted molar refractivity (Wildman–Crippen MR) is 92.3 cm³/mol. The fourth-order valence-corrected chi connectivity index (χ4v) is 3.28. The predicted octanol–water partition coefficient (Wildman–Crippen LogP) is 1.14. The summed E-state index contributed by atoms with van der Waals surface area (Å²) in [7, 11) is 0. The number of ether oxygens (including phenoxy) is 1. The minimum atomic E-state index is -0.517. The SMILES string of the molecule is O=C1NCCCN1CCCNCC(O)[C@H]1CCc2ccccc2O1. The third kappa shape index (κ3) is 4.39. The second-order valence-electron chi connectivity index (χ2n) is 6.50. The fourth-order valence-electron chi connectivity index (χ4n) is 3.28. The van der Waals surface area contributed by atoms with E-state index in [0.717, 1.165) is 57.6 Å². The summed E-state index contributed by atoms with van der Waals surface area (Å²) in [6.45, 7) is 3.67. The van der Waals surface area contributed by atoms with E-state index in [4.69, 9.17) is 4.74 Å². The van der Waals surface area contributed by atoms with Crippen LogP contribution >= 0.6 is 0 Å². The Bertz CT molecular complexity index is 552. The van der Waals surface area contributed by atoms with Crippen LogP contribution in [-0.4, -0.2) is 61.0 Å². The van der Waals surface area contributed by atoms with Crippen molar-refractivity contribution in [1.29, 1.82) is 0 Å². The Labute approximate surface area is 143 Å². The quantitative estimate of drug-likeness (QED) is 0.654. The third-order valence-electron chi connectivity index (χ3n) is 4.68. The van der Waals surface area contributed by atoms with E-state index in [9.17, 15) is 9.90 Å². The molecule has 1 aromatic rings. The third-order valence-corrected chi connectivity index (χ3v) is 4.68. The van der Waals surface area contributed by atoms with Crippen LogP contribution in [0.5, 0.6) is 5.75 Å². The Morgan fingerprint density at radius 2 is 2.29 bits per heavy atom. The van der Waals surface area contributed by atoms with Crippen molar-refractivity contribution in [3.63, 3.8) is 0 Å². The van der Waals surface area contributed by atoms with Crippen molar-refractivity contribution in [2.24, 2.45) is 0 Å². The highest BCUT2D eigenvalue weighted by Gasteiger charge is 2.25. The lowest BCUT2D eigenvalue weighted by atomic mass is 9.99. The van der Waals surface area contributed by atoms with Crippen molar-refractivity contribution in [2.45, 2.75) is 37.9 Å². The lowest BCUT2D eigenvalue weighted by molar-refractivity contribution is 0.0246. The normalized spacial score (nSPS) is 21.6. The average molecular weight is 333 g/mol. The number of nitrogens with zero attached hydrogens (tertiary/aromatic N) is 1. The molecule has 2 amide bonds. The molecular weight excluding hydrogens is 306 g/mol. The molecule has 132 valence electrons. The maximum absolute atomic E-state index is 11.6. The van der Waals surface area contributed by atoms with Gasteiger partial charge in [0.05, 0.1) is 0 Å². The van der Waals surface area contributed by atoms with Gasteiger partial charge >= 0.3 is 6.03 Å². The standard InChI is InChI=1S/C18H27N3O3/c22-15(17-8-7-14-5-1-2-6-16(14)24-17)13-19-9-3-11-21-12-4-10-20-18(21)23/h1-2,5-6,15,17,19,22H,3-4,7-13H2,(H,20,23)/t15?,17-/m1/s1. The molecule has 6 heteroatoms. The number of rotatable bonds is 7. The van der Waals surface area contributed by atoms with Gasteiger partial charge in [-0.15, -0.1) is 0 Å². The zero-order chi connectivity index (χ0) is 16.8. The van der Waals surface area contributed by atoms with E-state index in [-0.39, 0.29) is 12.1 Å². The van der Waals surface area contributed by atoms with Crippen LogP contribution in [0, 0.1) is 0 Å².